The number of hydrogen-bond donors (Lipinski definition) is 1. The Morgan fingerprint density at radius 3 is 2.60 bits per heavy atom. The molecule has 1 aliphatic heterocycles. The van der Waals surface area contributed by atoms with E-state index in [1.54, 1.807) is 42.5 Å². The summed E-state index contributed by atoms with van der Waals surface area (Å²) in [6, 6.07) is 14.1. The Kier molecular flexibility index (Phi) is 4.47. The van der Waals surface area contributed by atoms with Crippen molar-refractivity contribution in [3.63, 3.8) is 0 Å². The van der Waals surface area contributed by atoms with Crippen molar-refractivity contribution < 1.29 is 13.2 Å². The topological polar surface area (TPSA) is 90.3 Å². The van der Waals surface area contributed by atoms with Crippen LogP contribution in [-0.4, -0.2) is 27.1 Å². The fourth-order valence-corrected chi connectivity index (χ4v) is 3.80. The predicted molar refractivity (Wildman–Crippen MR) is 94.7 cm³/mol. The van der Waals surface area contributed by atoms with Crippen LogP contribution in [0.1, 0.15) is 27.0 Å². The van der Waals surface area contributed by atoms with Crippen molar-refractivity contribution in [2.24, 2.45) is 0 Å². The number of carbonyl (C=O) groups excluding carboxylic acids is 1. The van der Waals surface area contributed by atoms with Gasteiger partial charge in [-0.1, -0.05) is 12.1 Å². The molecule has 2 aromatic carbocycles. The molecule has 6 nitrogen and oxygen atoms in total. The van der Waals surface area contributed by atoms with Gasteiger partial charge in [0.25, 0.3) is 5.91 Å². The summed E-state index contributed by atoms with van der Waals surface area (Å²) >= 11 is 0. The number of amides is 1. The highest BCUT2D eigenvalue weighted by molar-refractivity contribution is 7.92. The van der Waals surface area contributed by atoms with Gasteiger partial charge >= 0.3 is 0 Å². The highest BCUT2D eigenvalue weighted by Crippen LogP contribution is 2.30. The van der Waals surface area contributed by atoms with E-state index >= 15 is 0 Å². The van der Waals surface area contributed by atoms with Crippen molar-refractivity contribution in [2.75, 3.05) is 17.1 Å². The minimum Gasteiger partial charge on any atom is -0.348 e. The fraction of sp³-hybridized carbons (Fsp3) is 0.222. The van der Waals surface area contributed by atoms with Crippen LogP contribution in [0.3, 0.4) is 0 Å². The molecule has 0 saturated carbocycles. The number of rotatable bonds is 4. The summed E-state index contributed by atoms with van der Waals surface area (Å²) in [4.78, 5) is 12.3. The molecule has 1 amide bonds. The first-order valence-electron chi connectivity index (χ1n) is 7.76. The maximum absolute atomic E-state index is 12.3. The predicted octanol–water partition coefficient (Wildman–Crippen LogP) is 1.81. The Balaban J connectivity index is 1.70. The number of nitrogens with zero attached hydrogens (tertiary/aromatic N) is 2. The second-order valence-electron chi connectivity index (χ2n) is 5.92. The number of carbonyl (C=O) groups is 1. The molecule has 0 aromatic heterocycles. The van der Waals surface area contributed by atoms with E-state index in [0.717, 1.165) is 11.1 Å². The molecule has 1 heterocycles. The smallest absolute Gasteiger partial charge is 0.251 e. The molecule has 0 saturated heterocycles. The highest BCUT2D eigenvalue weighted by atomic mass is 32.2. The van der Waals surface area contributed by atoms with Crippen molar-refractivity contribution >= 4 is 21.6 Å². The SMILES string of the molecule is CS(=O)(=O)N1CCc2cc(C(=O)NCc3ccc(C#N)cc3)ccc21. The van der Waals surface area contributed by atoms with Crippen LogP contribution in [0.25, 0.3) is 0 Å². The zero-order chi connectivity index (χ0) is 18.0. The first kappa shape index (κ1) is 17.0. The molecule has 3 rings (SSSR count). The Labute approximate surface area is 146 Å². The van der Waals surface area contributed by atoms with Gasteiger partial charge in [0.2, 0.25) is 10.0 Å². The molecule has 0 atom stereocenters. The number of fused-ring (bicyclic) bond motifs is 1. The van der Waals surface area contributed by atoms with Crippen molar-refractivity contribution in [3.05, 3.63) is 64.7 Å². The summed E-state index contributed by atoms with van der Waals surface area (Å²) in [6.45, 7) is 0.765. The van der Waals surface area contributed by atoms with E-state index in [1.165, 1.54) is 10.6 Å². The monoisotopic (exact) mass is 355 g/mol. The molecule has 0 aliphatic carbocycles. The largest absolute Gasteiger partial charge is 0.348 e. The van der Waals surface area contributed by atoms with Crippen molar-refractivity contribution in [1.82, 2.24) is 5.32 Å². The molecule has 1 N–H and O–H groups in total. The average Bonchev–Trinajstić information content (AvgIpc) is 3.03. The second kappa shape index (κ2) is 6.57. The second-order valence-corrected chi connectivity index (χ2v) is 7.83. The van der Waals surface area contributed by atoms with Gasteiger partial charge in [0, 0.05) is 18.7 Å². The van der Waals surface area contributed by atoms with Gasteiger partial charge in [0.05, 0.1) is 23.6 Å². The van der Waals surface area contributed by atoms with Gasteiger partial charge in [-0.15, -0.1) is 0 Å². The van der Waals surface area contributed by atoms with Gasteiger partial charge in [0.15, 0.2) is 0 Å². The van der Waals surface area contributed by atoms with E-state index in [1.807, 2.05) is 6.07 Å². The van der Waals surface area contributed by atoms with Crippen LogP contribution in [0, 0.1) is 11.3 Å². The van der Waals surface area contributed by atoms with Gasteiger partial charge in [-0.3, -0.25) is 9.10 Å². The number of nitriles is 1. The Morgan fingerprint density at radius 1 is 1.24 bits per heavy atom. The molecule has 128 valence electrons. The Bertz CT molecular complexity index is 960. The average molecular weight is 355 g/mol. The molecular formula is C18H17N3O3S. The van der Waals surface area contributed by atoms with Crippen LogP contribution in [0.4, 0.5) is 5.69 Å². The minimum atomic E-state index is -3.29. The standard InChI is InChI=1S/C18H17N3O3S/c1-25(23,24)21-9-8-15-10-16(6-7-17(15)21)18(22)20-12-14-4-2-13(11-19)3-5-14/h2-7,10H,8-9,12H2,1H3,(H,20,22). The third kappa shape index (κ3) is 3.64. The molecule has 0 radical (unpaired) electrons. The van der Waals surface area contributed by atoms with Crippen molar-refractivity contribution in [2.45, 2.75) is 13.0 Å². The summed E-state index contributed by atoms with van der Waals surface area (Å²) in [5, 5.41) is 11.6. The molecule has 25 heavy (non-hydrogen) atoms. The zero-order valence-corrected chi connectivity index (χ0v) is 14.5. The van der Waals surface area contributed by atoms with E-state index in [2.05, 4.69) is 5.32 Å². The quantitative estimate of drug-likeness (QED) is 0.906. The van der Waals surface area contributed by atoms with Crippen LogP contribution in [0.5, 0.6) is 0 Å². The highest BCUT2D eigenvalue weighted by Gasteiger charge is 2.26. The van der Waals surface area contributed by atoms with Crippen molar-refractivity contribution in [3.8, 4) is 6.07 Å². The van der Waals surface area contributed by atoms with E-state index in [9.17, 15) is 13.2 Å². The molecule has 1 aliphatic rings. The molecule has 7 heteroatoms. The number of anilines is 1. The summed E-state index contributed by atoms with van der Waals surface area (Å²) < 4.78 is 24.9. The number of benzene rings is 2. The molecule has 0 unspecified atom stereocenters. The molecule has 0 bridgehead atoms. The van der Waals surface area contributed by atoms with Crippen LogP contribution < -0.4 is 9.62 Å². The number of sulfonamides is 1. The summed E-state index contributed by atoms with van der Waals surface area (Å²) in [5.74, 6) is -0.218. The lowest BCUT2D eigenvalue weighted by Gasteiger charge is -2.16. The maximum Gasteiger partial charge on any atom is 0.251 e. The third-order valence-electron chi connectivity index (χ3n) is 4.13. The van der Waals surface area contributed by atoms with Crippen molar-refractivity contribution in [1.29, 1.82) is 5.26 Å². The maximum atomic E-state index is 12.3. The lowest BCUT2D eigenvalue weighted by molar-refractivity contribution is 0.0951. The van der Waals surface area contributed by atoms with Crippen LogP contribution in [0.2, 0.25) is 0 Å². The van der Waals surface area contributed by atoms with Gasteiger partial charge in [-0.25, -0.2) is 8.42 Å². The van der Waals surface area contributed by atoms with E-state index in [0.29, 0.717) is 36.3 Å². The van der Waals surface area contributed by atoms with E-state index < -0.39 is 10.0 Å². The third-order valence-corrected chi connectivity index (χ3v) is 5.31. The Hall–Kier alpha value is -2.85. The number of nitrogens with one attached hydrogen (secondary N) is 1. The lowest BCUT2D eigenvalue weighted by atomic mass is 10.1. The normalized spacial score (nSPS) is 13.2. The van der Waals surface area contributed by atoms with Gasteiger partial charge in [0.1, 0.15) is 0 Å². The first-order valence-corrected chi connectivity index (χ1v) is 9.61. The minimum absolute atomic E-state index is 0.218. The van der Waals surface area contributed by atoms with Gasteiger partial charge in [-0.2, -0.15) is 5.26 Å². The van der Waals surface area contributed by atoms with Crippen LogP contribution in [0.15, 0.2) is 42.5 Å². The lowest BCUT2D eigenvalue weighted by Crippen LogP contribution is -2.27. The summed E-state index contributed by atoms with van der Waals surface area (Å²) in [5.41, 5.74) is 3.48. The van der Waals surface area contributed by atoms with Crippen LogP contribution >= 0.6 is 0 Å². The van der Waals surface area contributed by atoms with E-state index in [4.69, 9.17) is 5.26 Å². The van der Waals surface area contributed by atoms with Crippen LogP contribution in [-0.2, 0) is 23.0 Å². The molecule has 0 spiro atoms. The molecule has 2 aromatic rings. The Morgan fingerprint density at radius 2 is 1.96 bits per heavy atom. The summed E-state index contributed by atoms with van der Waals surface area (Å²) in [7, 11) is -3.29. The zero-order valence-electron chi connectivity index (χ0n) is 13.7. The van der Waals surface area contributed by atoms with E-state index in [-0.39, 0.29) is 5.91 Å². The summed E-state index contributed by atoms with van der Waals surface area (Å²) in [6.07, 6.45) is 1.78. The first-order chi connectivity index (χ1) is 11.9. The molecule has 0 fully saturated rings. The fourth-order valence-electron chi connectivity index (χ4n) is 2.84. The van der Waals surface area contributed by atoms with Gasteiger partial charge < -0.3 is 5.32 Å². The molecular weight excluding hydrogens is 338 g/mol. The number of hydrogen-bond acceptors (Lipinski definition) is 4. The van der Waals surface area contributed by atoms with Gasteiger partial charge in [-0.05, 0) is 47.9 Å².